The highest BCUT2D eigenvalue weighted by Crippen LogP contribution is 2.21. The second-order valence-corrected chi connectivity index (χ2v) is 5.86. The fourth-order valence-electron chi connectivity index (χ4n) is 3.01. The SMILES string of the molecule is Cc1ccccc1N1CCCN(C(=O)c2ccc(=O)[nH]c2)CC1. The summed E-state index contributed by atoms with van der Waals surface area (Å²) in [5, 5.41) is 0. The molecule has 0 radical (unpaired) electrons. The Balaban J connectivity index is 1.71. The first kappa shape index (κ1) is 15.3. The number of H-pyrrole nitrogens is 1. The number of pyridine rings is 1. The normalized spacial score (nSPS) is 15.3. The lowest BCUT2D eigenvalue weighted by atomic mass is 10.2. The van der Waals surface area contributed by atoms with Gasteiger partial charge < -0.3 is 14.8 Å². The summed E-state index contributed by atoms with van der Waals surface area (Å²) in [6.45, 7) is 5.30. The van der Waals surface area contributed by atoms with Gasteiger partial charge in [-0.3, -0.25) is 9.59 Å². The van der Waals surface area contributed by atoms with Crippen LogP contribution in [0.15, 0.2) is 47.4 Å². The van der Waals surface area contributed by atoms with Crippen molar-refractivity contribution in [1.29, 1.82) is 0 Å². The van der Waals surface area contributed by atoms with Crippen LogP contribution in [0.2, 0.25) is 0 Å². The van der Waals surface area contributed by atoms with E-state index in [0.29, 0.717) is 12.1 Å². The van der Waals surface area contributed by atoms with E-state index in [1.165, 1.54) is 23.5 Å². The summed E-state index contributed by atoms with van der Waals surface area (Å²) in [4.78, 5) is 30.5. The Morgan fingerprint density at radius 1 is 1.04 bits per heavy atom. The van der Waals surface area contributed by atoms with Gasteiger partial charge in [0.25, 0.3) is 5.91 Å². The van der Waals surface area contributed by atoms with E-state index < -0.39 is 0 Å². The third-order valence-corrected chi connectivity index (χ3v) is 4.27. The molecule has 1 amide bonds. The number of rotatable bonds is 2. The number of aromatic amines is 1. The molecule has 2 heterocycles. The van der Waals surface area contributed by atoms with Crippen molar-refractivity contribution in [3.05, 3.63) is 64.1 Å². The number of carbonyl (C=O) groups is 1. The third-order valence-electron chi connectivity index (χ3n) is 4.27. The van der Waals surface area contributed by atoms with E-state index in [2.05, 4.69) is 35.0 Å². The average Bonchev–Trinajstić information content (AvgIpc) is 2.81. The monoisotopic (exact) mass is 311 g/mol. The van der Waals surface area contributed by atoms with Crippen molar-refractivity contribution in [3.63, 3.8) is 0 Å². The molecule has 23 heavy (non-hydrogen) atoms. The standard InChI is InChI=1S/C18H21N3O2/c1-14-5-2-3-6-16(14)20-9-4-10-21(12-11-20)18(23)15-7-8-17(22)19-13-15/h2-3,5-8,13H,4,9-12H2,1H3,(H,19,22). The van der Waals surface area contributed by atoms with Crippen molar-refractivity contribution in [2.75, 3.05) is 31.1 Å². The molecule has 120 valence electrons. The van der Waals surface area contributed by atoms with E-state index in [9.17, 15) is 9.59 Å². The minimum absolute atomic E-state index is 0.0205. The molecule has 1 aliphatic rings. The van der Waals surface area contributed by atoms with Crippen LogP contribution in [0.5, 0.6) is 0 Å². The Bertz CT molecular complexity index is 733. The van der Waals surface area contributed by atoms with Crippen LogP contribution >= 0.6 is 0 Å². The van der Waals surface area contributed by atoms with Crippen LogP contribution in [-0.2, 0) is 0 Å². The van der Waals surface area contributed by atoms with Crippen molar-refractivity contribution in [2.24, 2.45) is 0 Å². The van der Waals surface area contributed by atoms with Crippen molar-refractivity contribution < 1.29 is 4.79 Å². The molecule has 1 fully saturated rings. The molecule has 0 unspecified atom stereocenters. The summed E-state index contributed by atoms with van der Waals surface area (Å²) in [7, 11) is 0. The smallest absolute Gasteiger partial charge is 0.255 e. The van der Waals surface area contributed by atoms with Gasteiger partial charge in [0.05, 0.1) is 5.56 Å². The molecule has 0 saturated carbocycles. The number of aromatic nitrogens is 1. The zero-order valence-corrected chi connectivity index (χ0v) is 13.3. The first-order valence-corrected chi connectivity index (χ1v) is 7.94. The summed E-state index contributed by atoms with van der Waals surface area (Å²) in [6, 6.07) is 11.3. The fourth-order valence-corrected chi connectivity index (χ4v) is 3.01. The molecule has 1 aliphatic heterocycles. The predicted octanol–water partition coefficient (Wildman–Crippen LogP) is 2.04. The number of carbonyl (C=O) groups excluding carboxylic acids is 1. The van der Waals surface area contributed by atoms with Crippen LogP contribution in [0.25, 0.3) is 0 Å². The highest BCUT2D eigenvalue weighted by Gasteiger charge is 2.21. The Morgan fingerprint density at radius 3 is 2.61 bits per heavy atom. The van der Waals surface area contributed by atoms with Gasteiger partial charge in [-0.25, -0.2) is 0 Å². The zero-order chi connectivity index (χ0) is 16.2. The van der Waals surface area contributed by atoms with E-state index in [4.69, 9.17) is 0 Å². The second kappa shape index (κ2) is 6.69. The topological polar surface area (TPSA) is 56.4 Å². The number of nitrogens with one attached hydrogen (secondary N) is 1. The molecule has 1 aromatic heterocycles. The van der Waals surface area contributed by atoms with Crippen LogP contribution in [0.1, 0.15) is 22.3 Å². The molecular weight excluding hydrogens is 290 g/mol. The molecule has 3 rings (SSSR count). The van der Waals surface area contributed by atoms with E-state index in [0.717, 1.165) is 26.1 Å². The summed E-state index contributed by atoms with van der Waals surface area (Å²) in [5.74, 6) is -0.0205. The summed E-state index contributed by atoms with van der Waals surface area (Å²) in [5.41, 5.74) is 2.84. The molecule has 1 aromatic carbocycles. The lowest BCUT2D eigenvalue weighted by molar-refractivity contribution is 0.0766. The van der Waals surface area contributed by atoms with E-state index >= 15 is 0 Å². The van der Waals surface area contributed by atoms with Crippen LogP contribution in [0.3, 0.4) is 0 Å². The second-order valence-electron chi connectivity index (χ2n) is 5.86. The number of hydrogen-bond donors (Lipinski definition) is 1. The first-order chi connectivity index (χ1) is 11.1. The maximum atomic E-state index is 12.6. The van der Waals surface area contributed by atoms with Gasteiger partial charge in [0.15, 0.2) is 0 Å². The molecule has 0 atom stereocenters. The van der Waals surface area contributed by atoms with Crippen LogP contribution < -0.4 is 10.5 Å². The molecule has 1 N–H and O–H groups in total. The first-order valence-electron chi connectivity index (χ1n) is 7.94. The van der Waals surface area contributed by atoms with Crippen LogP contribution in [0, 0.1) is 6.92 Å². The van der Waals surface area contributed by atoms with Crippen molar-refractivity contribution in [2.45, 2.75) is 13.3 Å². The molecule has 0 aliphatic carbocycles. The number of amides is 1. The van der Waals surface area contributed by atoms with Gasteiger partial charge in [-0.15, -0.1) is 0 Å². The Kier molecular flexibility index (Phi) is 4.46. The van der Waals surface area contributed by atoms with Gasteiger partial charge in [-0.2, -0.15) is 0 Å². The summed E-state index contributed by atoms with van der Waals surface area (Å²) < 4.78 is 0. The molecule has 5 heteroatoms. The zero-order valence-electron chi connectivity index (χ0n) is 13.3. The Labute approximate surface area is 135 Å². The average molecular weight is 311 g/mol. The minimum atomic E-state index is -0.192. The molecule has 0 spiro atoms. The maximum absolute atomic E-state index is 12.6. The highest BCUT2D eigenvalue weighted by molar-refractivity contribution is 5.93. The molecule has 1 saturated heterocycles. The van der Waals surface area contributed by atoms with Gasteiger partial charge in [0.1, 0.15) is 0 Å². The summed E-state index contributed by atoms with van der Waals surface area (Å²) >= 11 is 0. The lowest BCUT2D eigenvalue weighted by Gasteiger charge is -2.25. The van der Waals surface area contributed by atoms with Gasteiger partial charge in [0, 0.05) is 44.1 Å². The largest absolute Gasteiger partial charge is 0.369 e. The molecule has 2 aromatic rings. The maximum Gasteiger partial charge on any atom is 0.255 e. The quantitative estimate of drug-likeness (QED) is 0.923. The number of anilines is 1. The van der Waals surface area contributed by atoms with Crippen LogP contribution in [-0.4, -0.2) is 42.0 Å². The van der Waals surface area contributed by atoms with E-state index in [1.54, 1.807) is 6.07 Å². The number of benzene rings is 1. The predicted molar refractivity (Wildman–Crippen MR) is 91.0 cm³/mol. The van der Waals surface area contributed by atoms with Gasteiger partial charge >= 0.3 is 0 Å². The highest BCUT2D eigenvalue weighted by atomic mass is 16.2. The molecule has 5 nitrogen and oxygen atoms in total. The van der Waals surface area contributed by atoms with Crippen molar-refractivity contribution in [1.82, 2.24) is 9.88 Å². The molecular formula is C18H21N3O2. The number of hydrogen-bond acceptors (Lipinski definition) is 3. The van der Waals surface area contributed by atoms with Gasteiger partial charge in [-0.1, -0.05) is 18.2 Å². The Hall–Kier alpha value is -2.56. The lowest BCUT2D eigenvalue weighted by Crippen LogP contribution is -2.35. The summed E-state index contributed by atoms with van der Waals surface area (Å²) in [6.07, 6.45) is 2.43. The Morgan fingerprint density at radius 2 is 1.87 bits per heavy atom. The van der Waals surface area contributed by atoms with Gasteiger partial charge in [0.2, 0.25) is 5.56 Å². The van der Waals surface area contributed by atoms with E-state index in [1.807, 2.05) is 11.0 Å². The van der Waals surface area contributed by atoms with Gasteiger partial charge in [-0.05, 0) is 31.0 Å². The fraction of sp³-hybridized carbons (Fsp3) is 0.333. The third kappa shape index (κ3) is 3.44. The van der Waals surface area contributed by atoms with E-state index in [-0.39, 0.29) is 11.5 Å². The van der Waals surface area contributed by atoms with Crippen molar-refractivity contribution >= 4 is 11.6 Å². The minimum Gasteiger partial charge on any atom is -0.369 e. The van der Waals surface area contributed by atoms with Crippen molar-refractivity contribution in [3.8, 4) is 0 Å². The number of aryl methyl sites for hydroxylation is 1. The number of nitrogens with zero attached hydrogens (tertiary/aromatic N) is 2. The van der Waals surface area contributed by atoms with Crippen LogP contribution in [0.4, 0.5) is 5.69 Å². The molecule has 0 bridgehead atoms. The number of para-hydroxylation sites is 1.